The molecule has 0 aliphatic heterocycles. The van der Waals surface area contributed by atoms with Crippen molar-refractivity contribution < 1.29 is 14.1 Å². The topological polar surface area (TPSA) is 52.4 Å². The Bertz CT molecular complexity index is 676. The largest absolute Gasteiger partial charge is 0.488 e. The minimum atomic E-state index is -0.873. The molecule has 0 atom stereocenters. The van der Waals surface area contributed by atoms with Crippen molar-refractivity contribution in [1.82, 2.24) is 0 Å². The Morgan fingerprint density at radius 1 is 1.29 bits per heavy atom. The SMILES string of the molecule is Cc1ccc(OCc2cccc([N+](=O)[O-])c2F)c(CCl)c1. The lowest BCUT2D eigenvalue weighted by Crippen LogP contribution is -2.03. The predicted molar refractivity (Wildman–Crippen MR) is 78.1 cm³/mol. The van der Waals surface area contributed by atoms with Gasteiger partial charge in [0.2, 0.25) is 5.82 Å². The minimum Gasteiger partial charge on any atom is -0.488 e. The van der Waals surface area contributed by atoms with Crippen molar-refractivity contribution in [3.8, 4) is 5.75 Å². The van der Waals surface area contributed by atoms with Crippen LogP contribution in [0.25, 0.3) is 0 Å². The summed E-state index contributed by atoms with van der Waals surface area (Å²) >= 11 is 5.84. The number of aryl methyl sites for hydroxylation is 1. The maximum atomic E-state index is 13.9. The van der Waals surface area contributed by atoms with E-state index >= 15 is 0 Å². The lowest BCUT2D eigenvalue weighted by Gasteiger charge is -2.11. The molecule has 110 valence electrons. The fourth-order valence-corrected chi connectivity index (χ4v) is 2.14. The van der Waals surface area contributed by atoms with E-state index in [9.17, 15) is 14.5 Å². The fourth-order valence-electron chi connectivity index (χ4n) is 1.93. The highest BCUT2D eigenvalue weighted by Crippen LogP contribution is 2.25. The van der Waals surface area contributed by atoms with Gasteiger partial charge in [-0.1, -0.05) is 29.8 Å². The van der Waals surface area contributed by atoms with Gasteiger partial charge in [-0.3, -0.25) is 10.1 Å². The molecule has 2 aromatic rings. The van der Waals surface area contributed by atoms with Gasteiger partial charge in [0.1, 0.15) is 12.4 Å². The first-order chi connectivity index (χ1) is 10.0. The first-order valence-electron chi connectivity index (χ1n) is 6.23. The Labute approximate surface area is 126 Å². The Balaban J connectivity index is 2.21. The van der Waals surface area contributed by atoms with Gasteiger partial charge >= 0.3 is 5.69 Å². The molecule has 0 amide bonds. The van der Waals surface area contributed by atoms with Crippen molar-refractivity contribution >= 4 is 17.3 Å². The predicted octanol–water partition coefficient (Wildman–Crippen LogP) is 4.36. The summed E-state index contributed by atoms with van der Waals surface area (Å²) in [5, 5.41) is 10.7. The molecular formula is C15H13ClFNO3. The highest BCUT2D eigenvalue weighted by molar-refractivity contribution is 6.17. The number of rotatable bonds is 5. The third-order valence-electron chi connectivity index (χ3n) is 3.00. The summed E-state index contributed by atoms with van der Waals surface area (Å²) in [4.78, 5) is 9.94. The molecular weight excluding hydrogens is 297 g/mol. The minimum absolute atomic E-state index is 0.0968. The second kappa shape index (κ2) is 6.54. The first-order valence-corrected chi connectivity index (χ1v) is 6.76. The van der Waals surface area contributed by atoms with E-state index in [2.05, 4.69) is 0 Å². The number of halogens is 2. The average Bonchev–Trinajstić information content (AvgIpc) is 2.46. The van der Waals surface area contributed by atoms with Gasteiger partial charge in [0.25, 0.3) is 0 Å². The van der Waals surface area contributed by atoms with E-state index in [0.717, 1.165) is 17.2 Å². The third-order valence-corrected chi connectivity index (χ3v) is 3.29. The van der Waals surface area contributed by atoms with Gasteiger partial charge in [-0.05, 0) is 13.0 Å². The highest BCUT2D eigenvalue weighted by Gasteiger charge is 2.17. The molecule has 0 aliphatic rings. The normalized spacial score (nSPS) is 10.4. The van der Waals surface area contributed by atoms with Gasteiger partial charge in [0.15, 0.2) is 0 Å². The molecule has 4 nitrogen and oxygen atoms in total. The maximum Gasteiger partial charge on any atom is 0.305 e. The quantitative estimate of drug-likeness (QED) is 0.468. The number of alkyl halides is 1. The zero-order valence-electron chi connectivity index (χ0n) is 11.3. The Hall–Kier alpha value is -2.14. The number of nitro benzene ring substituents is 1. The Morgan fingerprint density at radius 3 is 2.71 bits per heavy atom. The molecule has 0 heterocycles. The third kappa shape index (κ3) is 3.49. The monoisotopic (exact) mass is 309 g/mol. The van der Waals surface area contributed by atoms with Crippen LogP contribution >= 0.6 is 11.6 Å². The molecule has 0 fully saturated rings. The molecule has 0 spiro atoms. The van der Waals surface area contributed by atoms with Gasteiger partial charge in [-0.25, -0.2) is 0 Å². The Kier molecular flexibility index (Phi) is 4.75. The van der Waals surface area contributed by atoms with Crippen LogP contribution in [-0.2, 0) is 12.5 Å². The van der Waals surface area contributed by atoms with Crippen LogP contribution in [0, 0.1) is 22.9 Å². The van der Waals surface area contributed by atoms with E-state index in [1.807, 2.05) is 19.1 Å². The van der Waals surface area contributed by atoms with Crippen LogP contribution in [0.15, 0.2) is 36.4 Å². The summed E-state index contributed by atoms with van der Waals surface area (Å²) < 4.78 is 19.5. The second-order valence-electron chi connectivity index (χ2n) is 4.54. The van der Waals surface area contributed by atoms with E-state index in [-0.39, 0.29) is 18.1 Å². The molecule has 0 aliphatic carbocycles. The lowest BCUT2D eigenvalue weighted by molar-refractivity contribution is -0.387. The number of hydrogen-bond acceptors (Lipinski definition) is 3. The molecule has 2 aromatic carbocycles. The first kappa shape index (κ1) is 15.3. The van der Waals surface area contributed by atoms with Crippen molar-refractivity contribution in [1.29, 1.82) is 0 Å². The van der Waals surface area contributed by atoms with Crippen LogP contribution in [0.2, 0.25) is 0 Å². The highest BCUT2D eigenvalue weighted by atomic mass is 35.5. The van der Waals surface area contributed by atoms with Crippen molar-refractivity contribution in [3.05, 3.63) is 69.0 Å². The van der Waals surface area contributed by atoms with Crippen LogP contribution in [0.1, 0.15) is 16.7 Å². The summed E-state index contributed by atoms with van der Waals surface area (Å²) in [5.74, 6) is -0.0578. The molecule has 2 rings (SSSR count). The van der Waals surface area contributed by atoms with Gasteiger partial charge in [0, 0.05) is 17.2 Å². The van der Waals surface area contributed by atoms with Gasteiger partial charge in [0.05, 0.1) is 10.8 Å². The summed E-state index contributed by atoms with van der Waals surface area (Å²) in [6.07, 6.45) is 0. The molecule has 0 unspecified atom stereocenters. The number of ether oxygens (including phenoxy) is 1. The van der Waals surface area contributed by atoms with Crippen molar-refractivity contribution in [2.24, 2.45) is 0 Å². The van der Waals surface area contributed by atoms with Crippen molar-refractivity contribution in [2.75, 3.05) is 0 Å². The molecule has 0 N–H and O–H groups in total. The van der Waals surface area contributed by atoms with Crippen LogP contribution in [-0.4, -0.2) is 4.92 Å². The van der Waals surface area contributed by atoms with Gasteiger partial charge in [-0.15, -0.1) is 11.6 Å². The van der Waals surface area contributed by atoms with E-state index in [1.54, 1.807) is 6.07 Å². The summed E-state index contributed by atoms with van der Waals surface area (Å²) in [7, 11) is 0. The maximum absolute atomic E-state index is 13.9. The standard InChI is InChI=1S/C15H13ClFNO3/c1-10-5-6-14(12(7-10)8-16)21-9-11-3-2-4-13(15(11)17)18(19)20/h2-7H,8-9H2,1H3. The summed E-state index contributed by atoms with van der Waals surface area (Å²) in [6, 6.07) is 9.49. The second-order valence-corrected chi connectivity index (χ2v) is 4.81. The molecule has 6 heteroatoms. The molecule has 0 bridgehead atoms. The zero-order valence-corrected chi connectivity index (χ0v) is 12.1. The number of nitro groups is 1. The number of nitrogens with zero attached hydrogens (tertiary/aromatic N) is 1. The van der Waals surface area contributed by atoms with Crippen LogP contribution in [0.4, 0.5) is 10.1 Å². The molecule has 0 saturated carbocycles. The summed E-state index contributed by atoms with van der Waals surface area (Å²) in [5.41, 5.74) is 1.41. The number of benzene rings is 2. The molecule has 21 heavy (non-hydrogen) atoms. The zero-order chi connectivity index (χ0) is 15.4. The number of hydrogen-bond donors (Lipinski definition) is 0. The smallest absolute Gasteiger partial charge is 0.305 e. The van der Waals surface area contributed by atoms with E-state index < -0.39 is 16.4 Å². The van der Waals surface area contributed by atoms with E-state index in [4.69, 9.17) is 16.3 Å². The van der Waals surface area contributed by atoms with Crippen LogP contribution in [0.3, 0.4) is 0 Å². The fraction of sp³-hybridized carbons (Fsp3) is 0.200. The Morgan fingerprint density at radius 2 is 2.05 bits per heavy atom. The average molecular weight is 310 g/mol. The lowest BCUT2D eigenvalue weighted by atomic mass is 10.1. The molecule has 0 saturated heterocycles. The van der Waals surface area contributed by atoms with Crippen molar-refractivity contribution in [3.63, 3.8) is 0 Å². The van der Waals surface area contributed by atoms with Crippen molar-refractivity contribution in [2.45, 2.75) is 19.4 Å². The van der Waals surface area contributed by atoms with Crippen LogP contribution < -0.4 is 4.74 Å². The van der Waals surface area contributed by atoms with Gasteiger partial charge < -0.3 is 4.74 Å². The van der Waals surface area contributed by atoms with E-state index in [1.165, 1.54) is 12.1 Å². The van der Waals surface area contributed by atoms with Gasteiger partial charge in [-0.2, -0.15) is 4.39 Å². The van der Waals surface area contributed by atoms with Crippen LogP contribution in [0.5, 0.6) is 5.75 Å². The summed E-state index contributed by atoms with van der Waals surface area (Å²) in [6.45, 7) is 1.83. The molecule has 0 radical (unpaired) electrons. The molecule has 0 aromatic heterocycles. The van der Waals surface area contributed by atoms with E-state index in [0.29, 0.717) is 5.75 Å².